The third-order valence-corrected chi connectivity index (χ3v) is 2.69. The van der Waals surface area contributed by atoms with Gasteiger partial charge in [0.1, 0.15) is 23.7 Å². The number of aliphatic carboxylic acids is 1. The highest BCUT2D eigenvalue weighted by atomic mass is 19.1. The van der Waals surface area contributed by atoms with Crippen LogP contribution in [-0.4, -0.2) is 34.5 Å². The van der Waals surface area contributed by atoms with Crippen molar-refractivity contribution in [2.75, 3.05) is 6.54 Å². The van der Waals surface area contributed by atoms with Crippen molar-refractivity contribution in [3.05, 3.63) is 34.9 Å². The summed E-state index contributed by atoms with van der Waals surface area (Å²) in [4.78, 5) is 23.7. The molecule has 0 aliphatic carbocycles. The van der Waals surface area contributed by atoms with Crippen LogP contribution >= 0.6 is 0 Å². The van der Waals surface area contributed by atoms with Gasteiger partial charge in [0, 0.05) is 6.04 Å². The van der Waals surface area contributed by atoms with Gasteiger partial charge in [0.05, 0.1) is 0 Å². The summed E-state index contributed by atoms with van der Waals surface area (Å²) < 4.78 is 27.4. The van der Waals surface area contributed by atoms with Crippen molar-refractivity contribution in [2.45, 2.75) is 26.8 Å². The third-order valence-electron chi connectivity index (χ3n) is 2.69. The van der Waals surface area contributed by atoms with Crippen LogP contribution in [0.25, 0.3) is 0 Å². The summed E-state index contributed by atoms with van der Waals surface area (Å²) in [5.41, 5.74) is -0.585. The van der Waals surface area contributed by atoms with E-state index in [1.807, 2.05) is 0 Å². The minimum atomic E-state index is -1.24. The van der Waals surface area contributed by atoms with E-state index in [4.69, 9.17) is 5.11 Å². The van der Waals surface area contributed by atoms with E-state index in [1.54, 1.807) is 13.8 Å². The largest absolute Gasteiger partial charge is 0.480 e. The zero-order valence-electron chi connectivity index (χ0n) is 10.9. The van der Waals surface area contributed by atoms with E-state index >= 15 is 0 Å². The van der Waals surface area contributed by atoms with Gasteiger partial charge in [-0.3, -0.25) is 9.59 Å². The number of carbonyl (C=O) groups excluding carboxylic acids is 1. The molecule has 0 saturated heterocycles. The zero-order valence-corrected chi connectivity index (χ0v) is 10.9. The van der Waals surface area contributed by atoms with Crippen molar-refractivity contribution in [1.82, 2.24) is 4.90 Å². The number of rotatable bonds is 4. The van der Waals surface area contributed by atoms with E-state index in [0.29, 0.717) is 0 Å². The maximum atomic E-state index is 13.8. The Bertz CT molecular complexity index is 515. The van der Waals surface area contributed by atoms with E-state index in [9.17, 15) is 18.4 Å². The molecule has 0 atom stereocenters. The van der Waals surface area contributed by atoms with E-state index in [0.717, 1.165) is 11.0 Å². The van der Waals surface area contributed by atoms with Crippen LogP contribution in [0.4, 0.5) is 8.78 Å². The molecule has 0 bridgehead atoms. The highest BCUT2D eigenvalue weighted by molar-refractivity contribution is 5.96. The van der Waals surface area contributed by atoms with Gasteiger partial charge in [-0.15, -0.1) is 0 Å². The minimum absolute atomic E-state index is 0.129. The first-order valence-corrected chi connectivity index (χ1v) is 5.73. The maximum Gasteiger partial charge on any atom is 0.323 e. The second-order valence-electron chi connectivity index (χ2n) is 4.47. The monoisotopic (exact) mass is 271 g/mol. The number of carboxylic acid groups (broad SMARTS) is 1. The Morgan fingerprint density at radius 2 is 1.89 bits per heavy atom. The maximum absolute atomic E-state index is 13.8. The molecule has 0 aliphatic rings. The molecule has 0 saturated carbocycles. The lowest BCUT2D eigenvalue weighted by atomic mass is 10.1. The smallest absolute Gasteiger partial charge is 0.323 e. The number of carboxylic acids is 1. The van der Waals surface area contributed by atoms with Crippen LogP contribution in [0, 0.1) is 18.6 Å². The lowest BCUT2D eigenvalue weighted by Gasteiger charge is -2.25. The molecule has 0 aliphatic heterocycles. The normalized spacial score (nSPS) is 10.6. The summed E-state index contributed by atoms with van der Waals surface area (Å²) in [6.07, 6.45) is 0. The number of hydrogen-bond acceptors (Lipinski definition) is 2. The number of amides is 1. The average Bonchev–Trinajstić information content (AvgIpc) is 2.30. The van der Waals surface area contributed by atoms with Crippen molar-refractivity contribution >= 4 is 11.9 Å². The predicted octanol–water partition coefficient (Wildman–Crippen LogP) is 2.21. The van der Waals surface area contributed by atoms with Crippen LogP contribution in [0.2, 0.25) is 0 Å². The van der Waals surface area contributed by atoms with Crippen LogP contribution < -0.4 is 0 Å². The van der Waals surface area contributed by atoms with Gasteiger partial charge < -0.3 is 10.0 Å². The van der Waals surface area contributed by atoms with Crippen molar-refractivity contribution < 1.29 is 23.5 Å². The highest BCUT2D eigenvalue weighted by Crippen LogP contribution is 2.19. The van der Waals surface area contributed by atoms with Gasteiger partial charge in [-0.05, 0) is 32.4 Å². The molecule has 0 aromatic heterocycles. The van der Waals surface area contributed by atoms with E-state index in [2.05, 4.69) is 0 Å². The molecule has 0 unspecified atom stereocenters. The molecule has 6 heteroatoms. The Kier molecular flexibility index (Phi) is 4.58. The van der Waals surface area contributed by atoms with Crippen molar-refractivity contribution in [3.8, 4) is 0 Å². The molecule has 1 amide bonds. The third kappa shape index (κ3) is 3.27. The summed E-state index contributed by atoms with van der Waals surface area (Å²) in [7, 11) is 0. The van der Waals surface area contributed by atoms with Gasteiger partial charge in [0.15, 0.2) is 0 Å². The molecule has 104 valence electrons. The average molecular weight is 271 g/mol. The number of benzene rings is 1. The fourth-order valence-corrected chi connectivity index (χ4v) is 1.63. The second kappa shape index (κ2) is 5.77. The molecule has 1 N–H and O–H groups in total. The number of aryl methyl sites for hydroxylation is 1. The molecule has 1 aromatic rings. The topological polar surface area (TPSA) is 57.6 Å². The van der Waals surface area contributed by atoms with Crippen LogP contribution in [0.3, 0.4) is 0 Å². The Hall–Kier alpha value is -1.98. The standard InChI is InChI=1S/C13H15F2NO3/c1-7(2)16(6-10(17)18)13(19)11-9(14)5-4-8(3)12(11)15/h4-5,7H,6H2,1-3H3,(H,17,18). The number of carbonyl (C=O) groups is 2. The highest BCUT2D eigenvalue weighted by Gasteiger charge is 2.27. The Morgan fingerprint density at radius 1 is 1.32 bits per heavy atom. The van der Waals surface area contributed by atoms with E-state index < -0.39 is 41.7 Å². The molecule has 1 rings (SSSR count). The summed E-state index contributed by atoms with van der Waals surface area (Å²) in [5, 5.41) is 8.74. The van der Waals surface area contributed by atoms with Crippen LogP contribution in [-0.2, 0) is 4.79 Å². The zero-order chi connectivity index (χ0) is 14.7. The van der Waals surface area contributed by atoms with Gasteiger partial charge in [-0.1, -0.05) is 6.07 Å². The molecule has 0 spiro atoms. The summed E-state index contributed by atoms with van der Waals surface area (Å²) in [5.74, 6) is -4.16. The predicted molar refractivity (Wildman–Crippen MR) is 64.9 cm³/mol. The lowest BCUT2D eigenvalue weighted by molar-refractivity contribution is -0.138. The Morgan fingerprint density at radius 3 is 2.37 bits per heavy atom. The quantitative estimate of drug-likeness (QED) is 0.913. The lowest BCUT2D eigenvalue weighted by Crippen LogP contribution is -2.41. The molecule has 4 nitrogen and oxygen atoms in total. The SMILES string of the molecule is Cc1ccc(F)c(C(=O)N(CC(=O)O)C(C)C)c1F. The van der Waals surface area contributed by atoms with Gasteiger partial charge in [-0.25, -0.2) is 8.78 Å². The molecular weight excluding hydrogens is 256 g/mol. The first kappa shape index (κ1) is 15.1. The number of nitrogens with zero attached hydrogens (tertiary/aromatic N) is 1. The van der Waals surface area contributed by atoms with Gasteiger partial charge in [0.2, 0.25) is 0 Å². The molecule has 0 radical (unpaired) electrons. The molecular formula is C13H15F2NO3. The summed E-state index contributed by atoms with van der Waals surface area (Å²) in [6.45, 7) is 3.95. The molecule has 0 heterocycles. The fourth-order valence-electron chi connectivity index (χ4n) is 1.63. The van der Waals surface area contributed by atoms with Crippen molar-refractivity contribution in [3.63, 3.8) is 0 Å². The minimum Gasteiger partial charge on any atom is -0.480 e. The Balaban J connectivity index is 3.24. The van der Waals surface area contributed by atoms with Crippen LogP contribution in [0.5, 0.6) is 0 Å². The summed E-state index contributed by atoms with van der Waals surface area (Å²) in [6, 6.07) is 1.73. The van der Waals surface area contributed by atoms with Crippen LogP contribution in [0.1, 0.15) is 29.8 Å². The van der Waals surface area contributed by atoms with Gasteiger partial charge >= 0.3 is 5.97 Å². The molecule has 19 heavy (non-hydrogen) atoms. The van der Waals surface area contributed by atoms with E-state index in [-0.39, 0.29) is 5.56 Å². The first-order valence-electron chi connectivity index (χ1n) is 5.73. The molecule has 0 fully saturated rings. The number of halogens is 2. The van der Waals surface area contributed by atoms with Crippen LogP contribution in [0.15, 0.2) is 12.1 Å². The Labute approximate surface area is 109 Å². The summed E-state index contributed by atoms with van der Waals surface area (Å²) >= 11 is 0. The fraction of sp³-hybridized carbons (Fsp3) is 0.385. The van der Waals surface area contributed by atoms with Gasteiger partial charge in [-0.2, -0.15) is 0 Å². The molecule has 1 aromatic carbocycles. The van der Waals surface area contributed by atoms with E-state index in [1.165, 1.54) is 13.0 Å². The van der Waals surface area contributed by atoms with Crippen molar-refractivity contribution in [1.29, 1.82) is 0 Å². The second-order valence-corrected chi connectivity index (χ2v) is 4.47. The first-order chi connectivity index (χ1) is 8.75. The number of hydrogen-bond donors (Lipinski definition) is 1. The van der Waals surface area contributed by atoms with Crippen molar-refractivity contribution in [2.24, 2.45) is 0 Å². The van der Waals surface area contributed by atoms with Gasteiger partial charge in [0.25, 0.3) is 5.91 Å².